The van der Waals surface area contributed by atoms with Crippen molar-refractivity contribution >= 4 is 82.6 Å². The third-order valence-corrected chi connectivity index (χ3v) is 14.8. The molecule has 0 aliphatic rings. The Bertz CT molecular complexity index is 3020. The molecule has 17 heteroatoms. The van der Waals surface area contributed by atoms with E-state index in [0.717, 1.165) is 37.1 Å². The number of carbonyl (C=O) groups is 1. The molecule has 366 valence electrons. The minimum atomic E-state index is -4.24. The average molecular weight is 997 g/mol. The Morgan fingerprint density at radius 3 is 2.12 bits per heavy atom. The van der Waals surface area contributed by atoms with E-state index in [-0.39, 0.29) is 68.3 Å². The highest BCUT2D eigenvalue weighted by molar-refractivity contribution is 7.92. The number of ether oxygens (including phenoxy) is 1. The largest absolute Gasteiger partial charge is 0.495 e. The number of amides is 1. The van der Waals surface area contributed by atoms with E-state index < -0.39 is 31.5 Å². The van der Waals surface area contributed by atoms with E-state index in [1.807, 2.05) is 56.3 Å². The number of aryl methyl sites for hydroxylation is 1. The minimum Gasteiger partial charge on any atom is -0.495 e. The number of aliphatic imine (C=N–C) groups is 1. The number of nitrogens with zero attached hydrogens (tertiary/aromatic N) is 4. The van der Waals surface area contributed by atoms with Crippen LogP contribution in [0.2, 0.25) is 5.02 Å². The molecule has 0 fully saturated rings. The van der Waals surface area contributed by atoms with Crippen molar-refractivity contribution in [2.75, 3.05) is 40.9 Å². The number of benzene rings is 5. The quantitative estimate of drug-likeness (QED) is 0.0352. The molecule has 1 aromatic heterocycles. The normalized spacial score (nSPS) is 12.0. The van der Waals surface area contributed by atoms with Crippen LogP contribution in [0.3, 0.4) is 0 Å². The van der Waals surface area contributed by atoms with E-state index in [0.29, 0.717) is 24.2 Å². The van der Waals surface area contributed by atoms with Crippen LogP contribution in [0, 0.1) is 6.92 Å². The Morgan fingerprint density at radius 1 is 0.768 bits per heavy atom. The third kappa shape index (κ3) is 14.3. The highest BCUT2D eigenvalue weighted by atomic mass is 35.5. The van der Waals surface area contributed by atoms with Crippen molar-refractivity contribution in [1.82, 2.24) is 14.3 Å². The Morgan fingerprint density at radius 2 is 1.43 bits per heavy atom. The maximum Gasteiger partial charge on any atom is 0.278 e. The highest BCUT2D eigenvalue weighted by Crippen LogP contribution is 2.33. The minimum absolute atomic E-state index is 0.0276. The van der Waals surface area contributed by atoms with Crippen LogP contribution < -0.4 is 30.0 Å². The number of anilines is 4. The first kappa shape index (κ1) is 52.3. The molecular formula is C52H62ClN7O7S2. The molecule has 1 heterocycles. The monoisotopic (exact) mass is 995 g/mol. The first-order valence-corrected chi connectivity index (χ1v) is 27.0. The number of carbonyl (C=O) groups excluding carboxylic acids is 1. The summed E-state index contributed by atoms with van der Waals surface area (Å²) >= 11 is 6.28. The third-order valence-electron chi connectivity index (χ3n) is 11.7. The molecule has 0 radical (unpaired) electrons. The van der Waals surface area contributed by atoms with Gasteiger partial charge in [-0.3, -0.25) is 18.9 Å². The molecular weight excluding hydrogens is 934 g/mol. The second kappa shape index (κ2) is 25.0. The van der Waals surface area contributed by atoms with Crippen LogP contribution in [-0.4, -0.2) is 64.0 Å². The van der Waals surface area contributed by atoms with E-state index in [9.17, 15) is 26.4 Å². The van der Waals surface area contributed by atoms with Crippen molar-refractivity contribution in [3.8, 4) is 5.75 Å². The van der Waals surface area contributed by atoms with Crippen molar-refractivity contribution in [3.05, 3.63) is 142 Å². The van der Waals surface area contributed by atoms with Gasteiger partial charge in [-0.05, 0) is 98.6 Å². The molecule has 0 aliphatic carbocycles. The number of rotatable bonds is 26. The first-order chi connectivity index (χ1) is 33.2. The van der Waals surface area contributed by atoms with E-state index in [1.54, 1.807) is 48.5 Å². The average Bonchev–Trinajstić information content (AvgIpc) is 3.33. The molecule has 6 aromatic rings. The molecule has 0 aliphatic heterocycles. The maximum atomic E-state index is 14.9. The fraction of sp³-hybridized carbons (Fsp3) is 0.346. The number of unbranched alkanes of at least 4 members (excludes halogenated alkanes) is 9. The predicted octanol–water partition coefficient (Wildman–Crippen LogP) is 10.9. The van der Waals surface area contributed by atoms with Crippen LogP contribution in [-0.2, 0) is 31.4 Å². The van der Waals surface area contributed by atoms with Crippen molar-refractivity contribution in [1.29, 1.82) is 0 Å². The number of halogens is 1. The molecule has 0 atom stereocenters. The Hall–Kier alpha value is -6.07. The second-order valence-corrected chi connectivity index (χ2v) is 20.7. The molecule has 0 spiro atoms. The molecule has 5 aromatic carbocycles. The molecule has 0 saturated carbocycles. The summed E-state index contributed by atoms with van der Waals surface area (Å²) in [4.78, 5) is 41.1. The zero-order valence-corrected chi connectivity index (χ0v) is 42.1. The summed E-state index contributed by atoms with van der Waals surface area (Å²) in [5.41, 5.74) is 2.52. The van der Waals surface area contributed by atoms with Gasteiger partial charge in [0.1, 0.15) is 5.75 Å². The van der Waals surface area contributed by atoms with Gasteiger partial charge in [-0.2, -0.15) is 0 Å². The molecule has 1 amide bonds. The van der Waals surface area contributed by atoms with Gasteiger partial charge in [0.2, 0.25) is 10.0 Å². The summed E-state index contributed by atoms with van der Waals surface area (Å²) in [6, 6.07) is 32.5. The summed E-state index contributed by atoms with van der Waals surface area (Å²) in [5, 5.41) is 3.22. The number of sulfonamides is 2. The van der Waals surface area contributed by atoms with Crippen LogP contribution in [0.5, 0.6) is 5.75 Å². The van der Waals surface area contributed by atoms with Gasteiger partial charge in [-0.1, -0.05) is 119 Å². The van der Waals surface area contributed by atoms with Gasteiger partial charge in [-0.25, -0.2) is 31.5 Å². The standard InChI is InChI=1S/C52H62ClN7O7S2/c1-5-7-8-9-10-11-12-13-14-22-35-68(63,64)54-33-34-60-50(56-45-27-20-18-25-42(45)52(60)62)49(55-44-31-29-40(36-38(44)3)59(6-2)39-23-16-15-17-24-39)51(61)57-47-37-41(30-32-48(47)67-4)69(65,66)58-46-28-21-19-26-43(46)53/h15-21,23-32,36-37,54,58H,5-14,22,33-35H2,1-4H3,(H,57,61)/b55-49-. The van der Waals surface area contributed by atoms with Crippen molar-refractivity contribution < 1.29 is 26.4 Å². The van der Waals surface area contributed by atoms with Crippen LogP contribution in [0.15, 0.2) is 130 Å². The molecule has 3 N–H and O–H groups in total. The predicted molar refractivity (Wildman–Crippen MR) is 280 cm³/mol. The van der Waals surface area contributed by atoms with Crippen LogP contribution >= 0.6 is 11.6 Å². The van der Waals surface area contributed by atoms with Gasteiger partial charge in [0.05, 0.1) is 50.7 Å². The number of nitrogens with one attached hydrogen (secondary N) is 3. The number of fused-ring (bicyclic) bond motifs is 1. The summed E-state index contributed by atoms with van der Waals surface area (Å²) < 4.78 is 65.9. The SMILES string of the molecule is CCCCCCCCCCCCS(=O)(=O)NCCn1c(/C(=N/c2ccc(N(CC)c3ccccc3)cc2C)C(=O)Nc2cc(S(=O)(=O)Nc3ccccc3Cl)ccc2OC)nc2ccccc2c1=O. The molecule has 69 heavy (non-hydrogen) atoms. The van der Waals surface area contributed by atoms with Gasteiger partial charge in [0, 0.05) is 31.0 Å². The zero-order chi connectivity index (χ0) is 49.4. The lowest BCUT2D eigenvalue weighted by Gasteiger charge is -2.24. The van der Waals surface area contributed by atoms with Gasteiger partial charge in [0.15, 0.2) is 11.5 Å². The number of hydrogen-bond donors (Lipinski definition) is 3. The van der Waals surface area contributed by atoms with Crippen molar-refractivity contribution in [2.24, 2.45) is 4.99 Å². The van der Waals surface area contributed by atoms with Crippen molar-refractivity contribution in [2.45, 2.75) is 96.4 Å². The molecule has 6 rings (SSSR count). The van der Waals surface area contributed by atoms with Gasteiger partial charge >= 0.3 is 0 Å². The van der Waals surface area contributed by atoms with Gasteiger partial charge < -0.3 is 15.0 Å². The topological polar surface area (TPSA) is 181 Å². The highest BCUT2D eigenvalue weighted by Gasteiger charge is 2.26. The number of methoxy groups -OCH3 is 1. The maximum absolute atomic E-state index is 14.9. The molecule has 14 nitrogen and oxygen atoms in total. The van der Waals surface area contributed by atoms with Crippen LogP contribution in [0.25, 0.3) is 10.9 Å². The van der Waals surface area contributed by atoms with E-state index >= 15 is 0 Å². The van der Waals surface area contributed by atoms with Crippen molar-refractivity contribution in [3.63, 3.8) is 0 Å². The Kier molecular flexibility index (Phi) is 18.9. The van der Waals surface area contributed by atoms with E-state index in [1.165, 1.54) is 68.0 Å². The zero-order valence-electron chi connectivity index (χ0n) is 39.7. The first-order valence-electron chi connectivity index (χ1n) is 23.5. The fourth-order valence-electron chi connectivity index (χ4n) is 7.98. The van der Waals surface area contributed by atoms with E-state index in [4.69, 9.17) is 26.3 Å². The smallest absolute Gasteiger partial charge is 0.278 e. The number of aromatic nitrogens is 2. The number of hydrogen-bond acceptors (Lipinski definition) is 10. The Balaban J connectivity index is 1.35. The lowest BCUT2D eigenvalue weighted by atomic mass is 10.1. The second-order valence-electron chi connectivity index (χ2n) is 16.7. The Labute approximate surface area is 411 Å². The van der Waals surface area contributed by atoms with E-state index in [2.05, 4.69) is 26.6 Å². The molecule has 0 saturated heterocycles. The summed E-state index contributed by atoms with van der Waals surface area (Å²) in [5.74, 6) is -0.935. The lowest BCUT2D eigenvalue weighted by molar-refractivity contribution is -0.110. The summed E-state index contributed by atoms with van der Waals surface area (Å²) in [7, 11) is -6.59. The lowest BCUT2D eigenvalue weighted by Crippen LogP contribution is -2.37. The number of para-hydroxylation sites is 3. The van der Waals surface area contributed by atoms with Crippen LogP contribution in [0.1, 0.15) is 89.4 Å². The summed E-state index contributed by atoms with van der Waals surface area (Å²) in [6.45, 7) is 6.40. The van der Waals surface area contributed by atoms with Gasteiger partial charge in [-0.15, -0.1) is 0 Å². The molecule has 0 bridgehead atoms. The van der Waals surface area contributed by atoms with Gasteiger partial charge in [0.25, 0.3) is 21.5 Å². The molecule has 0 unspecified atom stereocenters. The summed E-state index contributed by atoms with van der Waals surface area (Å²) in [6.07, 6.45) is 10.7. The van der Waals surface area contributed by atoms with Crippen LogP contribution in [0.4, 0.5) is 28.4 Å². The fourth-order valence-corrected chi connectivity index (χ4v) is 10.5.